The molecule has 68 valence electrons. The number of rotatable bonds is 4. The summed E-state index contributed by atoms with van der Waals surface area (Å²) in [6.45, 7) is 11.0. The van der Waals surface area contributed by atoms with Gasteiger partial charge in [0.15, 0.2) is 0 Å². The maximum Gasteiger partial charge on any atom is 0.0174 e. The van der Waals surface area contributed by atoms with Crippen LogP contribution >= 0.6 is 0 Å². The molecule has 0 bridgehead atoms. The molecule has 1 heteroatoms. The minimum Gasteiger partial charge on any atom is -0.325 e. The monoisotopic (exact) mass is 157 g/mol. The zero-order valence-electron chi connectivity index (χ0n) is 8.65. The van der Waals surface area contributed by atoms with Gasteiger partial charge in [-0.3, -0.25) is 0 Å². The Morgan fingerprint density at radius 2 is 1.73 bits per heavy atom. The van der Waals surface area contributed by atoms with E-state index in [4.69, 9.17) is 5.73 Å². The molecule has 0 aromatic rings. The van der Waals surface area contributed by atoms with Gasteiger partial charge in [0.2, 0.25) is 0 Å². The molecule has 0 fully saturated rings. The summed E-state index contributed by atoms with van der Waals surface area (Å²) in [6.07, 6.45) is 2.48. The van der Waals surface area contributed by atoms with E-state index in [1.54, 1.807) is 0 Å². The van der Waals surface area contributed by atoms with Crippen LogP contribution in [0.2, 0.25) is 0 Å². The fourth-order valence-corrected chi connectivity index (χ4v) is 1.31. The maximum absolute atomic E-state index is 6.19. The molecule has 0 aliphatic heterocycles. The first-order valence-corrected chi connectivity index (χ1v) is 4.71. The molecular weight excluding hydrogens is 134 g/mol. The lowest BCUT2D eigenvalue weighted by Crippen LogP contribution is -2.47. The summed E-state index contributed by atoms with van der Waals surface area (Å²) in [5.74, 6) is 1.21. The molecule has 0 heterocycles. The third-order valence-electron chi connectivity index (χ3n) is 3.03. The highest BCUT2D eigenvalue weighted by molar-refractivity contribution is 4.86. The molecule has 0 spiro atoms. The summed E-state index contributed by atoms with van der Waals surface area (Å²) < 4.78 is 0. The summed E-state index contributed by atoms with van der Waals surface area (Å²) in [5.41, 5.74) is 6.20. The Morgan fingerprint density at radius 1 is 1.27 bits per heavy atom. The largest absolute Gasteiger partial charge is 0.325 e. The first-order valence-electron chi connectivity index (χ1n) is 4.71. The predicted molar refractivity (Wildman–Crippen MR) is 51.5 cm³/mol. The van der Waals surface area contributed by atoms with Gasteiger partial charge in [-0.1, -0.05) is 34.1 Å². The molecule has 0 aliphatic rings. The van der Waals surface area contributed by atoms with Crippen molar-refractivity contribution >= 4 is 0 Å². The normalized spacial score (nSPS) is 19.9. The van der Waals surface area contributed by atoms with Crippen molar-refractivity contribution in [1.29, 1.82) is 0 Å². The molecule has 2 atom stereocenters. The molecule has 1 nitrogen and oxygen atoms in total. The molecule has 0 aliphatic carbocycles. The van der Waals surface area contributed by atoms with Gasteiger partial charge in [0, 0.05) is 5.54 Å². The van der Waals surface area contributed by atoms with Crippen LogP contribution in [0.25, 0.3) is 0 Å². The van der Waals surface area contributed by atoms with E-state index in [-0.39, 0.29) is 5.54 Å². The Balaban J connectivity index is 4.05. The zero-order chi connectivity index (χ0) is 9.07. The van der Waals surface area contributed by atoms with Crippen LogP contribution in [0.1, 0.15) is 47.5 Å². The van der Waals surface area contributed by atoms with Crippen LogP contribution in [0.3, 0.4) is 0 Å². The van der Waals surface area contributed by atoms with Gasteiger partial charge in [0.1, 0.15) is 0 Å². The van der Waals surface area contributed by atoms with E-state index in [2.05, 4.69) is 34.6 Å². The van der Waals surface area contributed by atoms with Crippen molar-refractivity contribution in [3.05, 3.63) is 0 Å². The fourth-order valence-electron chi connectivity index (χ4n) is 1.31. The summed E-state index contributed by atoms with van der Waals surface area (Å²) >= 11 is 0. The van der Waals surface area contributed by atoms with E-state index < -0.39 is 0 Å². The summed E-state index contributed by atoms with van der Waals surface area (Å²) in [7, 11) is 0. The van der Waals surface area contributed by atoms with Gasteiger partial charge in [-0.2, -0.15) is 0 Å². The first-order chi connectivity index (χ1) is 4.92. The van der Waals surface area contributed by atoms with Crippen molar-refractivity contribution in [3.8, 4) is 0 Å². The highest BCUT2D eigenvalue weighted by Gasteiger charge is 2.28. The van der Waals surface area contributed by atoms with Crippen LogP contribution in [-0.2, 0) is 0 Å². The lowest BCUT2D eigenvalue weighted by Gasteiger charge is -2.35. The summed E-state index contributed by atoms with van der Waals surface area (Å²) in [6, 6.07) is 0. The Morgan fingerprint density at radius 3 is 2.00 bits per heavy atom. The minimum atomic E-state index is 0.00993. The third kappa shape index (κ3) is 2.82. The van der Waals surface area contributed by atoms with Gasteiger partial charge in [-0.05, 0) is 25.2 Å². The molecule has 0 aromatic heterocycles. The molecule has 0 rings (SSSR count). The van der Waals surface area contributed by atoms with Crippen LogP contribution in [0.4, 0.5) is 0 Å². The molecule has 0 amide bonds. The second-order valence-corrected chi connectivity index (χ2v) is 4.21. The van der Waals surface area contributed by atoms with Crippen LogP contribution in [0, 0.1) is 11.8 Å². The lowest BCUT2D eigenvalue weighted by atomic mass is 9.77. The second-order valence-electron chi connectivity index (χ2n) is 4.21. The maximum atomic E-state index is 6.19. The number of hydrogen-bond donors (Lipinski definition) is 1. The molecule has 11 heavy (non-hydrogen) atoms. The van der Waals surface area contributed by atoms with E-state index in [1.165, 1.54) is 12.8 Å². The SMILES string of the molecule is CCCC(C)C(C)(N)C(C)C. The van der Waals surface area contributed by atoms with E-state index in [0.29, 0.717) is 11.8 Å². The summed E-state index contributed by atoms with van der Waals surface area (Å²) in [4.78, 5) is 0. The van der Waals surface area contributed by atoms with Gasteiger partial charge in [-0.25, -0.2) is 0 Å². The molecule has 0 radical (unpaired) electrons. The lowest BCUT2D eigenvalue weighted by molar-refractivity contribution is 0.222. The van der Waals surface area contributed by atoms with Gasteiger partial charge >= 0.3 is 0 Å². The third-order valence-corrected chi connectivity index (χ3v) is 3.03. The molecule has 0 aromatic carbocycles. The average Bonchev–Trinajstić information content (AvgIpc) is 1.88. The smallest absolute Gasteiger partial charge is 0.0174 e. The van der Waals surface area contributed by atoms with E-state index in [1.807, 2.05) is 0 Å². The Labute approximate surface area is 71.4 Å². The Kier molecular flexibility index (Phi) is 4.09. The van der Waals surface area contributed by atoms with Gasteiger partial charge < -0.3 is 5.73 Å². The van der Waals surface area contributed by atoms with Crippen LogP contribution in [0.5, 0.6) is 0 Å². The molecule has 0 saturated heterocycles. The van der Waals surface area contributed by atoms with Crippen molar-refractivity contribution in [2.45, 2.75) is 53.0 Å². The fraction of sp³-hybridized carbons (Fsp3) is 1.00. The number of hydrogen-bond acceptors (Lipinski definition) is 1. The average molecular weight is 157 g/mol. The van der Waals surface area contributed by atoms with E-state index >= 15 is 0 Å². The van der Waals surface area contributed by atoms with Crippen molar-refractivity contribution in [1.82, 2.24) is 0 Å². The van der Waals surface area contributed by atoms with Crippen molar-refractivity contribution < 1.29 is 0 Å². The topological polar surface area (TPSA) is 26.0 Å². The predicted octanol–water partition coefficient (Wildman–Crippen LogP) is 2.80. The highest BCUT2D eigenvalue weighted by Crippen LogP contribution is 2.26. The van der Waals surface area contributed by atoms with Gasteiger partial charge in [0.25, 0.3) is 0 Å². The minimum absolute atomic E-state index is 0.00993. The summed E-state index contributed by atoms with van der Waals surface area (Å²) in [5, 5.41) is 0. The van der Waals surface area contributed by atoms with Crippen molar-refractivity contribution in [3.63, 3.8) is 0 Å². The first kappa shape index (κ1) is 11.0. The Hall–Kier alpha value is -0.0400. The van der Waals surface area contributed by atoms with Crippen LogP contribution in [0.15, 0.2) is 0 Å². The van der Waals surface area contributed by atoms with Crippen molar-refractivity contribution in [2.75, 3.05) is 0 Å². The zero-order valence-corrected chi connectivity index (χ0v) is 8.65. The second kappa shape index (κ2) is 4.10. The molecular formula is C10H23N. The highest BCUT2D eigenvalue weighted by atomic mass is 14.7. The van der Waals surface area contributed by atoms with Crippen LogP contribution in [-0.4, -0.2) is 5.54 Å². The standard InChI is InChI=1S/C10H23N/c1-6-7-9(4)10(5,11)8(2)3/h8-9H,6-7,11H2,1-5H3. The van der Waals surface area contributed by atoms with E-state index in [9.17, 15) is 0 Å². The number of nitrogens with two attached hydrogens (primary N) is 1. The molecule has 0 saturated carbocycles. The quantitative estimate of drug-likeness (QED) is 0.667. The molecule has 2 unspecified atom stereocenters. The van der Waals surface area contributed by atoms with Gasteiger partial charge in [-0.15, -0.1) is 0 Å². The molecule has 2 N–H and O–H groups in total. The van der Waals surface area contributed by atoms with Gasteiger partial charge in [0.05, 0.1) is 0 Å². The van der Waals surface area contributed by atoms with Crippen molar-refractivity contribution in [2.24, 2.45) is 17.6 Å². The Bertz CT molecular complexity index is 105. The van der Waals surface area contributed by atoms with Crippen LogP contribution < -0.4 is 5.73 Å². The van der Waals surface area contributed by atoms with E-state index in [0.717, 1.165) is 0 Å².